The number of hydrogen-bond acceptors (Lipinski definition) is 4. The van der Waals surface area contributed by atoms with Crippen molar-refractivity contribution in [1.82, 2.24) is 4.98 Å². The molecule has 1 aromatic heterocycles. The van der Waals surface area contributed by atoms with Gasteiger partial charge in [0.05, 0.1) is 6.61 Å². The molecule has 1 rings (SSSR count). The van der Waals surface area contributed by atoms with Gasteiger partial charge in [0.25, 0.3) is 0 Å². The maximum atomic E-state index is 7.52. The normalized spacial score (nSPS) is 10.7. The zero-order valence-corrected chi connectivity index (χ0v) is 11.5. The van der Waals surface area contributed by atoms with Crippen LogP contribution >= 0.6 is 0 Å². The average Bonchev–Trinajstić information content (AvgIpc) is 2.28. The highest BCUT2D eigenvalue weighted by atomic mass is 16.5. The van der Waals surface area contributed by atoms with E-state index in [-0.39, 0.29) is 5.84 Å². The predicted molar refractivity (Wildman–Crippen MR) is 74.3 cm³/mol. The smallest absolute Gasteiger partial charge is 0.129 e. The summed E-state index contributed by atoms with van der Waals surface area (Å²) < 4.78 is 5.12. The van der Waals surface area contributed by atoms with Crippen molar-refractivity contribution >= 4 is 11.7 Å². The summed E-state index contributed by atoms with van der Waals surface area (Å²) in [5, 5.41) is 7.52. The number of rotatable bonds is 6. The van der Waals surface area contributed by atoms with Crippen LogP contribution in [-0.2, 0) is 4.74 Å². The van der Waals surface area contributed by atoms with Crippen LogP contribution in [0, 0.1) is 12.3 Å². The molecule has 0 aliphatic heterocycles. The lowest BCUT2D eigenvalue weighted by Gasteiger charge is -2.28. The number of aromatic nitrogens is 1. The van der Waals surface area contributed by atoms with E-state index in [2.05, 4.69) is 23.7 Å². The number of methoxy groups -OCH3 is 1. The first-order chi connectivity index (χ1) is 8.45. The lowest BCUT2D eigenvalue weighted by Crippen LogP contribution is -2.34. The molecule has 1 heterocycles. The van der Waals surface area contributed by atoms with Gasteiger partial charge < -0.3 is 15.4 Å². The molecule has 18 heavy (non-hydrogen) atoms. The molecule has 1 aromatic rings. The summed E-state index contributed by atoms with van der Waals surface area (Å²) in [6.45, 7) is 7.52. The van der Waals surface area contributed by atoms with Crippen LogP contribution in [0.25, 0.3) is 0 Å². The van der Waals surface area contributed by atoms with E-state index in [0.717, 1.165) is 18.1 Å². The summed E-state index contributed by atoms with van der Waals surface area (Å²) in [5.41, 5.74) is 7.11. The van der Waals surface area contributed by atoms with Crippen LogP contribution in [0.4, 0.5) is 5.82 Å². The van der Waals surface area contributed by atoms with Crippen LogP contribution in [0.5, 0.6) is 0 Å². The predicted octanol–water partition coefficient (Wildman–Crippen LogP) is 1.54. The molecule has 3 N–H and O–H groups in total. The van der Waals surface area contributed by atoms with Gasteiger partial charge in [0.1, 0.15) is 11.7 Å². The molecule has 0 fully saturated rings. The fourth-order valence-corrected chi connectivity index (χ4v) is 1.78. The Labute approximate surface area is 108 Å². The number of pyridine rings is 1. The Bertz CT molecular complexity index is 417. The topological polar surface area (TPSA) is 75.2 Å². The number of anilines is 1. The molecule has 5 heteroatoms. The maximum Gasteiger partial charge on any atom is 0.129 e. The van der Waals surface area contributed by atoms with Gasteiger partial charge in [0, 0.05) is 31.0 Å². The Hall–Kier alpha value is -1.62. The zero-order chi connectivity index (χ0) is 13.7. The van der Waals surface area contributed by atoms with Crippen molar-refractivity contribution in [3.05, 3.63) is 23.4 Å². The highest BCUT2D eigenvalue weighted by Gasteiger charge is 2.13. The van der Waals surface area contributed by atoms with Crippen LogP contribution in [0.15, 0.2) is 12.1 Å². The fraction of sp³-hybridized carbons (Fsp3) is 0.538. The molecular weight excluding hydrogens is 228 g/mol. The van der Waals surface area contributed by atoms with Crippen molar-refractivity contribution in [3.63, 3.8) is 0 Å². The van der Waals surface area contributed by atoms with Crippen molar-refractivity contribution in [1.29, 1.82) is 5.41 Å². The number of amidine groups is 1. The maximum absolute atomic E-state index is 7.52. The van der Waals surface area contributed by atoms with Crippen LogP contribution in [0.3, 0.4) is 0 Å². The first-order valence-corrected chi connectivity index (χ1v) is 6.04. The largest absolute Gasteiger partial charge is 0.384 e. The standard InChI is InChI=1S/C13H22N4O/c1-9(2)17(5-6-18-4)12-8-11(13(14)15)7-10(3)16-12/h7-9H,5-6H2,1-4H3,(H3,14,15). The van der Waals surface area contributed by atoms with E-state index in [4.69, 9.17) is 15.9 Å². The van der Waals surface area contributed by atoms with Gasteiger partial charge >= 0.3 is 0 Å². The second-order valence-electron chi connectivity index (χ2n) is 4.55. The van der Waals surface area contributed by atoms with E-state index in [1.807, 2.05) is 19.1 Å². The first-order valence-electron chi connectivity index (χ1n) is 6.04. The van der Waals surface area contributed by atoms with Gasteiger partial charge in [-0.2, -0.15) is 0 Å². The van der Waals surface area contributed by atoms with Crippen molar-refractivity contribution < 1.29 is 4.74 Å². The van der Waals surface area contributed by atoms with Gasteiger partial charge in [-0.1, -0.05) is 0 Å². The molecule has 0 atom stereocenters. The minimum absolute atomic E-state index is 0.0668. The van der Waals surface area contributed by atoms with E-state index >= 15 is 0 Å². The van der Waals surface area contributed by atoms with Gasteiger partial charge in [-0.25, -0.2) is 4.98 Å². The van der Waals surface area contributed by atoms with Crippen molar-refractivity contribution in [2.45, 2.75) is 26.8 Å². The number of nitrogen functional groups attached to an aromatic ring is 1. The second-order valence-corrected chi connectivity index (χ2v) is 4.55. The molecular formula is C13H22N4O. The monoisotopic (exact) mass is 250 g/mol. The Morgan fingerprint density at radius 2 is 2.17 bits per heavy atom. The van der Waals surface area contributed by atoms with Gasteiger partial charge in [-0.3, -0.25) is 5.41 Å². The van der Waals surface area contributed by atoms with Crippen molar-refractivity contribution in [2.75, 3.05) is 25.2 Å². The molecule has 0 spiro atoms. The van der Waals surface area contributed by atoms with Gasteiger partial charge in [0.2, 0.25) is 0 Å². The van der Waals surface area contributed by atoms with Crippen LogP contribution in [0.2, 0.25) is 0 Å². The van der Waals surface area contributed by atoms with E-state index in [1.165, 1.54) is 0 Å². The molecule has 5 nitrogen and oxygen atoms in total. The third-order valence-corrected chi connectivity index (χ3v) is 2.70. The highest BCUT2D eigenvalue weighted by molar-refractivity contribution is 5.95. The summed E-state index contributed by atoms with van der Waals surface area (Å²) in [4.78, 5) is 6.65. The highest BCUT2D eigenvalue weighted by Crippen LogP contribution is 2.17. The fourth-order valence-electron chi connectivity index (χ4n) is 1.78. The van der Waals surface area contributed by atoms with E-state index < -0.39 is 0 Å². The SMILES string of the molecule is COCCN(c1cc(C(=N)N)cc(C)n1)C(C)C. The average molecular weight is 250 g/mol. The molecule has 0 amide bonds. The molecule has 0 aliphatic carbocycles. The number of aryl methyl sites for hydroxylation is 1. The number of nitrogens with one attached hydrogen (secondary N) is 1. The van der Waals surface area contributed by atoms with Gasteiger partial charge in [-0.05, 0) is 32.9 Å². The van der Waals surface area contributed by atoms with Gasteiger partial charge in [-0.15, -0.1) is 0 Å². The molecule has 0 aromatic carbocycles. The molecule has 0 bridgehead atoms. The summed E-state index contributed by atoms with van der Waals surface area (Å²) in [7, 11) is 1.68. The lowest BCUT2D eigenvalue weighted by molar-refractivity contribution is 0.203. The summed E-state index contributed by atoms with van der Waals surface area (Å²) in [5.74, 6) is 0.907. The quantitative estimate of drug-likeness (QED) is 0.593. The lowest BCUT2D eigenvalue weighted by atomic mass is 10.2. The molecule has 0 saturated heterocycles. The van der Waals surface area contributed by atoms with E-state index in [1.54, 1.807) is 7.11 Å². The molecule has 0 saturated carbocycles. The zero-order valence-electron chi connectivity index (χ0n) is 11.5. The number of ether oxygens (including phenoxy) is 1. The molecule has 100 valence electrons. The second kappa shape index (κ2) is 6.35. The minimum atomic E-state index is 0.0668. The third-order valence-electron chi connectivity index (χ3n) is 2.70. The number of nitrogens with two attached hydrogens (primary N) is 1. The molecule has 0 unspecified atom stereocenters. The summed E-state index contributed by atoms with van der Waals surface area (Å²) in [6.07, 6.45) is 0. The Kier molecular flexibility index (Phi) is 5.09. The van der Waals surface area contributed by atoms with Crippen molar-refractivity contribution in [3.8, 4) is 0 Å². The summed E-state index contributed by atoms with van der Waals surface area (Å²) >= 11 is 0. The first kappa shape index (κ1) is 14.4. The van der Waals surface area contributed by atoms with Gasteiger partial charge in [0.15, 0.2) is 0 Å². The van der Waals surface area contributed by atoms with Crippen molar-refractivity contribution in [2.24, 2.45) is 5.73 Å². The van der Waals surface area contributed by atoms with E-state index in [0.29, 0.717) is 18.2 Å². The van der Waals surface area contributed by atoms with Crippen LogP contribution in [0.1, 0.15) is 25.1 Å². The van der Waals surface area contributed by atoms with Crippen LogP contribution in [-0.4, -0.2) is 37.1 Å². The minimum Gasteiger partial charge on any atom is -0.384 e. The third kappa shape index (κ3) is 3.70. The Morgan fingerprint density at radius 1 is 1.50 bits per heavy atom. The Morgan fingerprint density at radius 3 is 2.67 bits per heavy atom. The molecule has 0 radical (unpaired) electrons. The number of nitrogens with zero attached hydrogens (tertiary/aromatic N) is 2. The van der Waals surface area contributed by atoms with E-state index in [9.17, 15) is 0 Å². The summed E-state index contributed by atoms with van der Waals surface area (Å²) in [6, 6.07) is 3.99. The van der Waals surface area contributed by atoms with Crippen LogP contribution < -0.4 is 10.6 Å². The number of hydrogen-bond donors (Lipinski definition) is 2. The Balaban J connectivity index is 3.07. The molecule has 0 aliphatic rings.